The standard InChI is InChI=1S/C12H13BrN2O2S/c13-11-6-10(9-14)7-12(8-11)15-2-1-4-18(16,17)5-3-15/h6-8H,1-5H2. The predicted molar refractivity (Wildman–Crippen MR) is 74.3 cm³/mol. The molecular formula is C12H13BrN2O2S. The van der Waals surface area contributed by atoms with Gasteiger partial charge in [0.15, 0.2) is 9.84 Å². The fraction of sp³-hybridized carbons (Fsp3) is 0.417. The van der Waals surface area contributed by atoms with Crippen LogP contribution in [0.15, 0.2) is 22.7 Å². The highest BCUT2D eigenvalue weighted by Crippen LogP contribution is 2.24. The molecule has 1 fully saturated rings. The molecule has 1 aromatic carbocycles. The first-order valence-corrected chi connectivity index (χ1v) is 8.28. The van der Waals surface area contributed by atoms with Crippen molar-refractivity contribution in [3.8, 4) is 6.07 Å². The summed E-state index contributed by atoms with van der Waals surface area (Å²) in [5, 5.41) is 8.94. The number of rotatable bonds is 1. The fourth-order valence-corrected chi connectivity index (χ4v) is 3.77. The quantitative estimate of drug-likeness (QED) is 0.790. The lowest BCUT2D eigenvalue weighted by Gasteiger charge is -2.22. The van der Waals surface area contributed by atoms with Crippen molar-refractivity contribution in [3.05, 3.63) is 28.2 Å². The van der Waals surface area contributed by atoms with Gasteiger partial charge in [-0.2, -0.15) is 5.26 Å². The van der Waals surface area contributed by atoms with Gasteiger partial charge in [0.1, 0.15) is 0 Å². The fourth-order valence-electron chi connectivity index (χ4n) is 2.02. The van der Waals surface area contributed by atoms with Crippen LogP contribution in [0.5, 0.6) is 0 Å². The normalized spacial score (nSPS) is 19.0. The Morgan fingerprint density at radius 2 is 2.00 bits per heavy atom. The van der Waals surface area contributed by atoms with Crippen LogP contribution < -0.4 is 4.90 Å². The zero-order chi connectivity index (χ0) is 13.2. The van der Waals surface area contributed by atoms with Crippen LogP contribution in [0.3, 0.4) is 0 Å². The van der Waals surface area contributed by atoms with Gasteiger partial charge < -0.3 is 4.90 Å². The van der Waals surface area contributed by atoms with Gasteiger partial charge in [-0.1, -0.05) is 15.9 Å². The zero-order valence-electron chi connectivity index (χ0n) is 9.76. The predicted octanol–water partition coefficient (Wildman–Crippen LogP) is 1.95. The van der Waals surface area contributed by atoms with E-state index < -0.39 is 9.84 Å². The summed E-state index contributed by atoms with van der Waals surface area (Å²) < 4.78 is 23.9. The van der Waals surface area contributed by atoms with Crippen molar-refractivity contribution in [2.45, 2.75) is 6.42 Å². The number of hydrogen-bond acceptors (Lipinski definition) is 4. The molecule has 0 unspecified atom stereocenters. The minimum Gasteiger partial charge on any atom is -0.370 e. The van der Waals surface area contributed by atoms with Crippen molar-refractivity contribution in [3.63, 3.8) is 0 Å². The van der Waals surface area contributed by atoms with Gasteiger partial charge in [0.25, 0.3) is 0 Å². The van der Waals surface area contributed by atoms with Gasteiger partial charge in [-0.25, -0.2) is 8.42 Å². The molecule has 2 rings (SSSR count). The minimum atomic E-state index is -2.90. The van der Waals surface area contributed by atoms with Crippen molar-refractivity contribution in [2.24, 2.45) is 0 Å². The molecule has 0 spiro atoms. The number of sulfone groups is 1. The molecule has 6 heteroatoms. The summed E-state index contributed by atoms with van der Waals surface area (Å²) in [6, 6.07) is 7.56. The van der Waals surface area contributed by atoms with Crippen LogP contribution >= 0.6 is 15.9 Å². The maximum absolute atomic E-state index is 11.5. The van der Waals surface area contributed by atoms with Gasteiger partial charge in [-0.05, 0) is 24.6 Å². The van der Waals surface area contributed by atoms with E-state index >= 15 is 0 Å². The summed E-state index contributed by atoms with van der Waals surface area (Å²) in [7, 11) is -2.90. The monoisotopic (exact) mass is 328 g/mol. The van der Waals surface area contributed by atoms with Crippen molar-refractivity contribution in [2.75, 3.05) is 29.5 Å². The van der Waals surface area contributed by atoms with Crippen LogP contribution in [0.25, 0.3) is 0 Å². The van der Waals surface area contributed by atoms with E-state index in [0.29, 0.717) is 25.1 Å². The maximum atomic E-state index is 11.5. The molecule has 4 nitrogen and oxygen atoms in total. The second-order valence-corrected chi connectivity index (χ2v) is 7.52. The summed E-state index contributed by atoms with van der Waals surface area (Å²) in [6.07, 6.45) is 0.636. The van der Waals surface area contributed by atoms with E-state index in [2.05, 4.69) is 22.0 Å². The van der Waals surface area contributed by atoms with Crippen LogP contribution in [0.1, 0.15) is 12.0 Å². The second kappa shape index (κ2) is 5.29. The van der Waals surface area contributed by atoms with Gasteiger partial charge in [0.2, 0.25) is 0 Å². The highest BCUT2D eigenvalue weighted by atomic mass is 79.9. The zero-order valence-corrected chi connectivity index (χ0v) is 12.2. The lowest BCUT2D eigenvalue weighted by molar-refractivity contribution is 0.597. The highest BCUT2D eigenvalue weighted by Gasteiger charge is 2.19. The molecule has 96 valence electrons. The van der Waals surface area contributed by atoms with E-state index in [-0.39, 0.29) is 11.5 Å². The van der Waals surface area contributed by atoms with E-state index in [0.717, 1.165) is 10.2 Å². The van der Waals surface area contributed by atoms with Crippen molar-refractivity contribution < 1.29 is 8.42 Å². The Morgan fingerprint density at radius 1 is 1.22 bits per heavy atom. The van der Waals surface area contributed by atoms with E-state index in [9.17, 15) is 8.42 Å². The largest absolute Gasteiger partial charge is 0.370 e. The molecule has 0 aliphatic carbocycles. The average molecular weight is 329 g/mol. The number of hydrogen-bond donors (Lipinski definition) is 0. The number of nitriles is 1. The molecule has 1 aliphatic rings. The highest BCUT2D eigenvalue weighted by molar-refractivity contribution is 9.10. The summed E-state index contributed by atoms with van der Waals surface area (Å²) in [6.45, 7) is 1.20. The molecule has 0 bridgehead atoms. The van der Waals surface area contributed by atoms with Crippen LogP contribution in [0, 0.1) is 11.3 Å². The topological polar surface area (TPSA) is 61.2 Å². The SMILES string of the molecule is N#Cc1cc(Br)cc(N2CCCS(=O)(=O)CC2)c1. The molecule has 0 atom stereocenters. The van der Waals surface area contributed by atoms with Crippen LogP contribution in [0.4, 0.5) is 5.69 Å². The second-order valence-electron chi connectivity index (χ2n) is 4.30. The Bertz CT molecular complexity index is 593. The number of halogens is 1. The molecule has 1 heterocycles. The maximum Gasteiger partial charge on any atom is 0.152 e. The lowest BCUT2D eigenvalue weighted by atomic mass is 10.2. The third kappa shape index (κ3) is 3.24. The van der Waals surface area contributed by atoms with E-state index in [1.807, 2.05) is 11.0 Å². The van der Waals surface area contributed by atoms with Gasteiger partial charge in [0, 0.05) is 23.2 Å². The van der Waals surface area contributed by atoms with E-state index in [1.54, 1.807) is 12.1 Å². The number of benzene rings is 1. The Hall–Kier alpha value is -1.06. The molecule has 1 aromatic rings. The Morgan fingerprint density at radius 3 is 2.72 bits per heavy atom. The summed E-state index contributed by atoms with van der Waals surface area (Å²) >= 11 is 3.37. The summed E-state index contributed by atoms with van der Waals surface area (Å²) in [5.41, 5.74) is 1.48. The van der Waals surface area contributed by atoms with Crippen LogP contribution in [-0.2, 0) is 9.84 Å². The Labute approximate surface area is 115 Å². The molecule has 18 heavy (non-hydrogen) atoms. The minimum absolute atomic E-state index is 0.182. The first-order chi connectivity index (χ1) is 8.50. The smallest absolute Gasteiger partial charge is 0.152 e. The van der Waals surface area contributed by atoms with Crippen molar-refractivity contribution in [1.29, 1.82) is 5.26 Å². The lowest BCUT2D eigenvalue weighted by Crippen LogP contribution is -2.26. The molecule has 0 aromatic heterocycles. The summed E-state index contributed by atoms with van der Waals surface area (Å²) in [4.78, 5) is 2.02. The first kappa shape index (κ1) is 13.4. The molecule has 0 saturated carbocycles. The number of nitrogens with zero attached hydrogens (tertiary/aromatic N) is 2. The third-order valence-corrected chi connectivity index (χ3v) is 5.11. The summed E-state index contributed by atoms with van der Waals surface area (Å²) in [5.74, 6) is 0.435. The van der Waals surface area contributed by atoms with Crippen molar-refractivity contribution >= 4 is 31.5 Å². The van der Waals surface area contributed by atoms with Crippen LogP contribution in [-0.4, -0.2) is 33.0 Å². The molecule has 1 aliphatic heterocycles. The van der Waals surface area contributed by atoms with Gasteiger partial charge in [-0.15, -0.1) is 0 Å². The van der Waals surface area contributed by atoms with Crippen LogP contribution in [0.2, 0.25) is 0 Å². The molecular weight excluding hydrogens is 316 g/mol. The van der Waals surface area contributed by atoms with Gasteiger partial charge in [0.05, 0.1) is 23.1 Å². The molecule has 0 N–H and O–H groups in total. The Balaban J connectivity index is 2.27. The first-order valence-electron chi connectivity index (χ1n) is 5.66. The van der Waals surface area contributed by atoms with E-state index in [1.165, 1.54) is 0 Å². The third-order valence-electron chi connectivity index (χ3n) is 2.93. The molecule has 1 saturated heterocycles. The van der Waals surface area contributed by atoms with E-state index in [4.69, 9.17) is 5.26 Å². The van der Waals surface area contributed by atoms with Gasteiger partial charge in [-0.3, -0.25) is 0 Å². The number of anilines is 1. The Kier molecular flexibility index (Phi) is 3.93. The van der Waals surface area contributed by atoms with Gasteiger partial charge >= 0.3 is 0 Å². The molecule has 0 amide bonds. The average Bonchev–Trinajstić information content (AvgIpc) is 2.49. The molecule has 0 radical (unpaired) electrons. The van der Waals surface area contributed by atoms with Crippen molar-refractivity contribution in [1.82, 2.24) is 0 Å².